The molecular weight excluding hydrogens is 284 g/mol. The van der Waals surface area contributed by atoms with E-state index >= 15 is 0 Å². The number of benzene rings is 1. The third-order valence-corrected chi connectivity index (χ3v) is 5.99. The SMILES string of the molecule is CCS(=O)(=O)c1ccc(NCC2CCN(C(C)C)C2)cc1. The number of nitrogens with one attached hydrogen (secondary N) is 1. The molecule has 0 spiro atoms. The Kier molecular flexibility index (Phi) is 5.27. The predicted molar refractivity (Wildman–Crippen MR) is 87.5 cm³/mol. The molecule has 1 aliphatic heterocycles. The van der Waals surface area contributed by atoms with Crippen molar-refractivity contribution in [3.8, 4) is 0 Å². The molecule has 2 rings (SSSR count). The molecule has 1 aromatic rings. The maximum Gasteiger partial charge on any atom is 0.178 e. The normalized spacial score (nSPS) is 20.1. The van der Waals surface area contributed by atoms with Crippen molar-refractivity contribution >= 4 is 15.5 Å². The van der Waals surface area contributed by atoms with Gasteiger partial charge >= 0.3 is 0 Å². The van der Waals surface area contributed by atoms with Crippen LogP contribution in [0.4, 0.5) is 5.69 Å². The van der Waals surface area contributed by atoms with Crippen LogP contribution in [0.25, 0.3) is 0 Å². The van der Waals surface area contributed by atoms with Gasteiger partial charge in [0.1, 0.15) is 0 Å². The average molecular weight is 310 g/mol. The second-order valence-electron chi connectivity index (χ2n) is 6.05. The first-order valence-corrected chi connectivity index (χ1v) is 9.38. The van der Waals surface area contributed by atoms with Gasteiger partial charge in [-0.1, -0.05) is 6.92 Å². The summed E-state index contributed by atoms with van der Waals surface area (Å²) in [5.41, 5.74) is 0.994. The minimum atomic E-state index is -3.10. The molecule has 0 aliphatic carbocycles. The Morgan fingerprint density at radius 2 is 1.95 bits per heavy atom. The molecule has 5 heteroatoms. The maximum absolute atomic E-state index is 11.8. The molecule has 1 aromatic carbocycles. The molecule has 21 heavy (non-hydrogen) atoms. The summed E-state index contributed by atoms with van der Waals surface area (Å²) in [6, 6.07) is 7.72. The Morgan fingerprint density at radius 1 is 1.29 bits per heavy atom. The van der Waals surface area contributed by atoms with E-state index in [4.69, 9.17) is 0 Å². The van der Waals surface area contributed by atoms with Crippen LogP contribution >= 0.6 is 0 Å². The lowest BCUT2D eigenvalue weighted by Gasteiger charge is -2.20. The maximum atomic E-state index is 11.8. The number of anilines is 1. The van der Waals surface area contributed by atoms with Gasteiger partial charge in [-0.25, -0.2) is 8.42 Å². The first kappa shape index (κ1) is 16.3. The number of likely N-dealkylation sites (tertiary alicyclic amines) is 1. The van der Waals surface area contributed by atoms with Crippen LogP contribution in [0.5, 0.6) is 0 Å². The van der Waals surface area contributed by atoms with Crippen molar-refractivity contribution in [2.45, 2.75) is 38.1 Å². The van der Waals surface area contributed by atoms with Gasteiger partial charge in [-0.3, -0.25) is 0 Å². The Morgan fingerprint density at radius 3 is 2.48 bits per heavy atom. The lowest BCUT2D eigenvalue weighted by atomic mass is 10.1. The lowest BCUT2D eigenvalue weighted by molar-refractivity contribution is 0.266. The number of hydrogen-bond donors (Lipinski definition) is 1. The largest absolute Gasteiger partial charge is 0.385 e. The smallest absolute Gasteiger partial charge is 0.178 e. The van der Waals surface area contributed by atoms with Crippen molar-refractivity contribution in [3.63, 3.8) is 0 Å². The second-order valence-corrected chi connectivity index (χ2v) is 8.33. The highest BCUT2D eigenvalue weighted by Crippen LogP contribution is 2.20. The zero-order chi connectivity index (χ0) is 15.5. The third kappa shape index (κ3) is 4.20. The van der Waals surface area contributed by atoms with Gasteiger partial charge in [0, 0.05) is 24.8 Å². The highest BCUT2D eigenvalue weighted by molar-refractivity contribution is 7.91. The summed E-state index contributed by atoms with van der Waals surface area (Å²) in [4.78, 5) is 2.91. The molecule has 1 aliphatic rings. The summed E-state index contributed by atoms with van der Waals surface area (Å²) in [5, 5.41) is 3.42. The van der Waals surface area contributed by atoms with Crippen molar-refractivity contribution < 1.29 is 8.42 Å². The molecule has 1 fully saturated rings. The summed E-state index contributed by atoms with van der Waals surface area (Å²) in [7, 11) is -3.10. The van der Waals surface area contributed by atoms with Crippen molar-refractivity contribution in [1.82, 2.24) is 4.90 Å². The van der Waals surface area contributed by atoms with Crippen molar-refractivity contribution in [3.05, 3.63) is 24.3 Å². The summed E-state index contributed by atoms with van der Waals surface area (Å²) < 4.78 is 23.5. The van der Waals surface area contributed by atoms with Crippen LogP contribution in [0.3, 0.4) is 0 Å². The van der Waals surface area contributed by atoms with Gasteiger partial charge < -0.3 is 10.2 Å². The van der Waals surface area contributed by atoms with E-state index in [1.807, 2.05) is 12.1 Å². The second kappa shape index (κ2) is 6.79. The van der Waals surface area contributed by atoms with E-state index in [1.165, 1.54) is 13.0 Å². The molecular formula is C16H26N2O2S. The minimum absolute atomic E-state index is 0.146. The fourth-order valence-electron chi connectivity index (χ4n) is 2.71. The topological polar surface area (TPSA) is 49.4 Å². The standard InChI is InChI=1S/C16H26N2O2S/c1-4-21(19,20)16-7-5-15(6-8-16)17-11-14-9-10-18(12-14)13(2)3/h5-8,13-14,17H,4,9-12H2,1-3H3. The number of sulfone groups is 1. The van der Waals surface area contributed by atoms with Crippen molar-refractivity contribution in [1.29, 1.82) is 0 Å². The molecule has 0 amide bonds. The summed E-state index contributed by atoms with van der Waals surface area (Å²) >= 11 is 0. The highest BCUT2D eigenvalue weighted by atomic mass is 32.2. The summed E-state index contributed by atoms with van der Waals surface area (Å²) in [6.45, 7) is 9.42. The molecule has 0 radical (unpaired) electrons. The molecule has 4 nitrogen and oxygen atoms in total. The van der Waals surface area contributed by atoms with Gasteiger partial charge in [0.2, 0.25) is 0 Å². The van der Waals surface area contributed by atoms with E-state index < -0.39 is 9.84 Å². The van der Waals surface area contributed by atoms with Crippen LogP contribution in [-0.2, 0) is 9.84 Å². The minimum Gasteiger partial charge on any atom is -0.385 e. The number of nitrogens with zero attached hydrogens (tertiary/aromatic N) is 1. The van der Waals surface area contributed by atoms with Gasteiger partial charge in [0.15, 0.2) is 9.84 Å². The lowest BCUT2D eigenvalue weighted by Crippen LogP contribution is -2.29. The molecule has 1 unspecified atom stereocenters. The zero-order valence-corrected chi connectivity index (χ0v) is 14.0. The molecule has 1 N–H and O–H groups in total. The van der Waals surface area contributed by atoms with Gasteiger partial charge in [0.25, 0.3) is 0 Å². The van der Waals surface area contributed by atoms with E-state index in [0.717, 1.165) is 18.8 Å². The van der Waals surface area contributed by atoms with Crippen LogP contribution in [0, 0.1) is 5.92 Å². The highest BCUT2D eigenvalue weighted by Gasteiger charge is 2.23. The Labute approximate surface area is 128 Å². The van der Waals surface area contributed by atoms with E-state index in [0.29, 0.717) is 16.9 Å². The van der Waals surface area contributed by atoms with Gasteiger partial charge in [0.05, 0.1) is 10.6 Å². The molecule has 0 aromatic heterocycles. The number of hydrogen-bond acceptors (Lipinski definition) is 4. The first-order valence-electron chi connectivity index (χ1n) is 7.73. The van der Waals surface area contributed by atoms with Crippen LogP contribution in [0.15, 0.2) is 29.2 Å². The summed E-state index contributed by atoms with van der Waals surface area (Å²) in [6.07, 6.45) is 1.23. The van der Waals surface area contributed by atoms with E-state index in [9.17, 15) is 8.42 Å². The Balaban J connectivity index is 1.88. The monoisotopic (exact) mass is 310 g/mol. The first-order chi connectivity index (χ1) is 9.92. The van der Waals surface area contributed by atoms with Crippen LogP contribution in [0.1, 0.15) is 27.2 Å². The molecule has 0 saturated carbocycles. The van der Waals surface area contributed by atoms with Gasteiger partial charge in [-0.15, -0.1) is 0 Å². The van der Waals surface area contributed by atoms with Crippen LogP contribution in [0.2, 0.25) is 0 Å². The summed E-state index contributed by atoms with van der Waals surface area (Å²) in [5.74, 6) is 0.818. The molecule has 1 heterocycles. The van der Waals surface area contributed by atoms with Crippen LogP contribution < -0.4 is 5.32 Å². The molecule has 0 bridgehead atoms. The Bertz CT molecular complexity index is 552. The van der Waals surface area contributed by atoms with Crippen LogP contribution in [-0.4, -0.2) is 44.7 Å². The predicted octanol–water partition coefficient (Wildman–Crippen LogP) is 2.62. The van der Waals surface area contributed by atoms with Crippen molar-refractivity contribution in [2.75, 3.05) is 30.7 Å². The van der Waals surface area contributed by atoms with Gasteiger partial charge in [-0.2, -0.15) is 0 Å². The van der Waals surface area contributed by atoms with Crippen molar-refractivity contribution in [2.24, 2.45) is 5.92 Å². The molecule has 1 atom stereocenters. The third-order valence-electron chi connectivity index (χ3n) is 4.24. The van der Waals surface area contributed by atoms with E-state index in [-0.39, 0.29) is 5.75 Å². The van der Waals surface area contributed by atoms with E-state index in [2.05, 4.69) is 24.1 Å². The van der Waals surface area contributed by atoms with E-state index in [1.54, 1.807) is 19.1 Å². The Hall–Kier alpha value is -1.07. The zero-order valence-electron chi connectivity index (χ0n) is 13.2. The fourth-order valence-corrected chi connectivity index (χ4v) is 3.59. The molecule has 118 valence electrons. The number of rotatable bonds is 6. The fraction of sp³-hybridized carbons (Fsp3) is 0.625. The molecule has 1 saturated heterocycles. The van der Waals surface area contributed by atoms with Gasteiger partial charge in [-0.05, 0) is 57.0 Å². The quantitative estimate of drug-likeness (QED) is 0.877. The average Bonchev–Trinajstić information content (AvgIpc) is 2.95.